The van der Waals surface area contributed by atoms with Crippen LogP contribution >= 0.6 is 11.3 Å². The lowest BCUT2D eigenvalue weighted by atomic mass is 9.94. The first-order chi connectivity index (χ1) is 19.6. The van der Waals surface area contributed by atoms with Gasteiger partial charge in [-0.3, -0.25) is 24.3 Å². The quantitative estimate of drug-likeness (QED) is 0.194. The molecule has 12 heteroatoms. The zero-order valence-electron chi connectivity index (χ0n) is 22.6. The summed E-state index contributed by atoms with van der Waals surface area (Å²) in [6.45, 7) is 5.46. The molecule has 1 atom stereocenters. The highest BCUT2D eigenvalue weighted by Gasteiger charge is 2.34. The number of rotatable bonds is 8. The van der Waals surface area contributed by atoms with Crippen molar-refractivity contribution in [2.45, 2.75) is 39.8 Å². The number of hydrogen-bond acceptors (Lipinski definition) is 8. The molecule has 3 heterocycles. The largest absolute Gasteiger partial charge is 0.463 e. The van der Waals surface area contributed by atoms with Crippen molar-refractivity contribution in [1.29, 1.82) is 0 Å². The molecule has 1 aliphatic heterocycles. The molecule has 2 N–H and O–H groups in total. The second kappa shape index (κ2) is 11.0. The lowest BCUT2D eigenvalue weighted by Crippen LogP contribution is -2.40. The highest BCUT2D eigenvalue weighted by molar-refractivity contribution is 7.07. The Morgan fingerprint density at radius 1 is 1.22 bits per heavy atom. The number of nitrogens with two attached hydrogens (primary N) is 1. The van der Waals surface area contributed by atoms with Crippen LogP contribution in [0.4, 0.5) is 5.69 Å². The van der Waals surface area contributed by atoms with Gasteiger partial charge < -0.3 is 15.0 Å². The average Bonchev–Trinajstić information content (AvgIpc) is 3.43. The zero-order chi connectivity index (χ0) is 29.4. The number of nitro groups is 1. The highest BCUT2D eigenvalue weighted by atomic mass is 32.1. The molecule has 0 saturated heterocycles. The number of ether oxygens (including phenoxy) is 1. The van der Waals surface area contributed by atoms with Gasteiger partial charge in [-0.1, -0.05) is 41.7 Å². The molecule has 4 aromatic rings. The van der Waals surface area contributed by atoms with Crippen molar-refractivity contribution in [2.24, 2.45) is 10.7 Å². The van der Waals surface area contributed by atoms with Crippen molar-refractivity contribution >= 4 is 45.9 Å². The van der Waals surface area contributed by atoms with Gasteiger partial charge in [-0.25, -0.2) is 9.79 Å². The van der Waals surface area contributed by atoms with Gasteiger partial charge in [0.05, 0.1) is 33.4 Å². The van der Waals surface area contributed by atoms with Gasteiger partial charge in [0.2, 0.25) is 5.91 Å². The van der Waals surface area contributed by atoms with E-state index in [0.717, 1.165) is 27.8 Å². The maximum Gasteiger partial charge on any atom is 0.338 e. The molecule has 210 valence electrons. The van der Waals surface area contributed by atoms with E-state index in [2.05, 4.69) is 4.99 Å². The van der Waals surface area contributed by atoms with E-state index < -0.39 is 28.4 Å². The Balaban J connectivity index is 1.73. The van der Waals surface area contributed by atoms with Crippen LogP contribution in [0.25, 0.3) is 17.0 Å². The third-order valence-electron chi connectivity index (χ3n) is 6.97. The molecule has 0 saturated carbocycles. The number of nitro benzene ring substituents is 1. The molecule has 0 aliphatic carbocycles. The van der Waals surface area contributed by atoms with Crippen LogP contribution < -0.4 is 20.6 Å². The number of hydrogen-bond donors (Lipinski definition) is 1. The smallest absolute Gasteiger partial charge is 0.338 e. The summed E-state index contributed by atoms with van der Waals surface area (Å²) in [5.41, 5.74) is 7.86. The minimum Gasteiger partial charge on any atom is -0.463 e. The predicted octanol–water partition coefficient (Wildman–Crippen LogP) is 2.85. The number of thiazole rings is 1. The molecule has 2 aromatic heterocycles. The summed E-state index contributed by atoms with van der Waals surface area (Å²) in [6.07, 6.45) is 3.78. The fraction of sp³-hybridized carbons (Fsp3) is 0.241. The molecule has 0 bridgehead atoms. The molecular formula is C29H27N5O6S. The standard InChI is InChI=1S/C29H27N5O6S/c1-4-40-28(37)25-17(3)31-29-33(26(25)18-10-9-16(2)22(13-18)34(38)39)27(36)23(41-29)14-19-15-32(12-11-24(30)35)21-8-6-5-7-20(19)21/h5-10,13-15,26H,4,11-12H2,1-3H3,(H2,30,35)/b23-14+/t26-/m1/s1. The SMILES string of the molecule is CCOC(=O)C1=C(C)N=c2s/c(=C/c3cn(CCC(N)=O)c4ccccc34)c(=O)n2[C@@H]1c1ccc(C)c([N+](=O)[O-])c1. The van der Waals surface area contributed by atoms with Crippen LogP contribution in [0.15, 0.2) is 69.7 Å². The Kier molecular flexibility index (Phi) is 7.41. The van der Waals surface area contributed by atoms with Crippen molar-refractivity contribution in [2.75, 3.05) is 6.61 Å². The van der Waals surface area contributed by atoms with Crippen LogP contribution in [0.3, 0.4) is 0 Å². The Bertz CT molecular complexity index is 1950. The van der Waals surface area contributed by atoms with Gasteiger partial charge in [-0.05, 0) is 38.5 Å². The number of fused-ring (bicyclic) bond motifs is 2. The Morgan fingerprint density at radius 2 is 1.98 bits per heavy atom. The van der Waals surface area contributed by atoms with Gasteiger partial charge in [0.25, 0.3) is 11.2 Å². The first kappa shape index (κ1) is 27.7. The van der Waals surface area contributed by atoms with E-state index in [0.29, 0.717) is 32.7 Å². The molecule has 1 aliphatic rings. The van der Waals surface area contributed by atoms with Gasteiger partial charge in [0.15, 0.2) is 4.80 Å². The maximum absolute atomic E-state index is 14.0. The molecule has 1 amide bonds. The minimum atomic E-state index is -0.969. The van der Waals surface area contributed by atoms with E-state index in [1.807, 2.05) is 35.0 Å². The van der Waals surface area contributed by atoms with Gasteiger partial charge >= 0.3 is 5.97 Å². The van der Waals surface area contributed by atoms with Crippen molar-refractivity contribution in [3.8, 4) is 0 Å². The van der Waals surface area contributed by atoms with E-state index in [1.54, 1.807) is 39.0 Å². The van der Waals surface area contributed by atoms with Crippen LogP contribution in [0.1, 0.15) is 43.0 Å². The predicted molar refractivity (Wildman–Crippen MR) is 154 cm³/mol. The third kappa shape index (κ3) is 5.09. The fourth-order valence-electron chi connectivity index (χ4n) is 5.05. The number of aromatic nitrogens is 2. The summed E-state index contributed by atoms with van der Waals surface area (Å²) in [5, 5.41) is 12.6. The lowest BCUT2D eigenvalue weighted by molar-refractivity contribution is -0.385. The monoisotopic (exact) mass is 573 g/mol. The Morgan fingerprint density at radius 3 is 2.68 bits per heavy atom. The number of esters is 1. The van der Waals surface area contributed by atoms with E-state index in [4.69, 9.17) is 10.5 Å². The molecule has 0 radical (unpaired) electrons. The van der Waals surface area contributed by atoms with Crippen LogP contribution in [0.5, 0.6) is 0 Å². The first-order valence-electron chi connectivity index (χ1n) is 12.9. The maximum atomic E-state index is 14.0. The van der Waals surface area contributed by atoms with Gasteiger partial charge in [-0.2, -0.15) is 0 Å². The number of carbonyl (C=O) groups excluding carboxylic acids is 2. The van der Waals surface area contributed by atoms with Crippen LogP contribution in [0, 0.1) is 17.0 Å². The number of benzene rings is 2. The minimum absolute atomic E-state index is 0.112. The number of allylic oxidation sites excluding steroid dienone is 1. The summed E-state index contributed by atoms with van der Waals surface area (Å²) in [7, 11) is 0. The lowest BCUT2D eigenvalue weighted by Gasteiger charge is -2.24. The van der Waals surface area contributed by atoms with Gasteiger partial charge in [0.1, 0.15) is 0 Å². The van der Waals surface area contributed by atoms with E-state index in [1.165, 1.54) is 10.6 Å². The molecule has 5 rings (SSSR count). The van der Waals surface area contributed by atoms with E-state index in [-0.39, 0.29) is 24.3 Å². The normalized spacial score (nSPS) is 15.1. The number of primary amides is 1. The topological polar surface area (TPSA) is 152 Å². The number of aryl methyl sites for hydroxylation is 2. The number of nitrogens with zero attached hydrogens (tertiary/aromatic N) is 4. The van der Waals surface area contributed by atoms with Crippen LogP contribution in [-0.4, -0.2) is 32.5 Å². The number of para-hydroxylation sites is 1. The molecule has 41 heavy (non-hydrogen) atoms. The molecular weight excluding hydrogens is 546 g/mol. The molecule has 0 unspecified atom stereocenters. The summed E-state index contributed by atoms with van der Waals surface area (Å²) in [5.74, 6) is -1.06. The summed E-state index contributed by atoms with van der Waals surface area (Å²) in [6, 6.07) is 11.3. The van der Waals surface area contributed by atoms with E-state index >= 15 is 0 Å². The molecule has 2 aromatic carbocycles. The average molecular weight is 574 g/mol. The summed E-state index contributed by atoms with van der Waals surface area (Å²) >= 11 is 1.16. The molecule has 0 fully saturated rings. The molecule has 0 spiro atoms. The van der Waals surface area contributed by atoms with Gasteiger partial charge in [-0.15, -0.1) is 0 Å². The zero-order valence-corrected chi connectivity index (χ0v) is 23.4. The Hall–Kier alpha value is -4.84. The van der Waals surface area contributed by atoms with E-state index in [9.17, 15) is 24.5 Å². The van der Waals surface area contributed by atoms with Crippen molar-refractivity contribution in [3.05, 3.63) is 106 Å². The fourth-order valence-corrected chi connectivity index (χ4v) is 6.08. The van der Waals surface area contributed by atoms with Crippen LogP contribution in [-0.2, 0) is 20.9 Å². The second-order valence-electron chi connectivity index (χ2n) is 9.62. The van der Waals surface area contributed by atoms with Crippen LogP contribution in [0.2, 0.25) is 0 Å². The molecule has 11 nitrogen and oxygen atoms in total. The van der Waals surface area contributed by atoms with Crippen molar-refractivity contribution in [1.82, 2.24) is 9.13 Å². The second-order valence-corrected chi connectivity index (χ2v) is 10.6. The highest BCUT2D eigenvalue weighted by Crippen LogP contribution is 2.33. The number of carbonyl (C=O) groups is 2. The Labute approximate surface area is 237 Å². The third-order valence-corrected chi connectivity index (χ3v) is 7.95. The van der Waals surface area contributed by atoms with Gasteiger partial charge in [0, 0.05) is 47.3 Å². The summed E-state index contributed by atoms with van der Waals surface area (Å²) < 4.78 is 8.99. The van der Waals surface area contributed by atoms with Crippen molar-refractivity contribution < 1.29 is 19.2 Å². The summed E-state index contributed by atoms with van der Waals surface area (Å²) in [4.78, 5) is 54.7. The van der Waals surface area contributed by atoms with Crippen molar-refractivity contribution in [3.63, 3.8) is 0 Å². The number of amides is 1. The first-order valence-corrected chi connectivity index (χ1v) is 13.7.